The molecule has 0 aromatic carbocycles. The molecule has 3 heteroatoms. The third-order valence-corrected chi connectivity index (χ3v) is 2.68. The van der Waals surface area contributed by atoms with Gasteiger partial charge in [-0.15, -0.1) is 0 Å². The van der Waals surface area contributed by atoms with Gasteiger partial charge in [-0.2, -0.15) is 0 Å². The van der Waals surface area contributed by atoms with Crippen LogP contribution in [0.15, 0.2) is 0 Å². The summed E-state index contributed by atoms with van der Waals surface area (Å²) in [7, 11) is 0. The Morgan fingerprint density at radius 2 is 2.38 bits per heavy atom. The van der Waals surface area contributed by atoms with E-state index >= 15 is 0 Å². The molecule has 13 heavy (non-hydrogen) atoms. The zero-order valence-corrected chi connectivity index (χ0v) is 7.94. The van der Waals surface area contributed by atoms with Gasteiger partial charge >= 0.3 is 5.97 Å². The lowest BCUT2D eigenvalue weighted by atomic mass is 9.76. The minimum absolute atomic E-state index is 0.131. The van der Waals surface area contributed by atoms with E-state index in [1.807, 2.05) is 0 Å². The molecule has 0 bridgehead atoms. The summed E-state index contributed by atoms with van der Waals surface area (Å²) in [5.74, 6) is -0.829. The summed E-state index contributed by atoms with van der Waals surface area (Å²) in [6.07, 6.45) is 4.81. The Kier molecular flexibility index (Phi) is 3.72. The van der Waals surface area contributed by atoms with Crippen molar-refractivity contribution in [2.75, 3.05) is 0 Å². The Bertz CT molecular complexity index is 177. The molecule has 3 atom stereocenters. The molecule has 3 unspecified atom stereocenters. The maximum atomic E-state index is 10.9. The van der Waals surface area contributed by atoms with Gasteiger partial charge in [-0.25, -0.2) is 0 Å². The smallest absolute Gasteiger partial charge is 0.306 e. The fourth-order valence-electron chi connectivity index (χ4n) is 2.05. The molecule has 0 heterocycles. The number of carboxylic acids is 1. The fourth-order valence-corrected chi connectivity index (χ4v) is 2.05. The van der Waals surface area contributed by atoms with E-state index in [1.54, 1.807) is 6.92 Å². The lowest BCUT2D eigenvalue weighted by molar-refractivity contribution is -0.144. The van der Waals surface area contributed by atoms with Crippen LogP contribution in [0.3, 0.4) is 0 Å². The second-order valence-corrected chi connectivity index (χ2v) is 3.89. The molecule has 0 saturated heterocycles. The molecule has 0 amide bonds. The minimum atomic E-state index is -0.709. The lowest BCUT2D eigenvalue weighted by Gasteiger charge is -2.29. The Morgan fingerprint density at radius 1 is 1.69 bits per heavy atom. The normalized spacial score (nSPS) is 31.2. The molecule has 0 aromatic heterocycles. The van der Waals surface area contributed by atoms with Crippen LogP contribution in [0, 0.1) is 18.3 Å². The summed E-state index contributed by atoms with van der Waals surface area (Å²) < 4.78 is 0. The number of rotatable bonds is 3. The largest absolute Gasteiger partial charge is 0.481 e. The summed E-state index contributed by atoms with van der Waals surface area (Å²) in [4.78, 5) is 10.9. The summed E-state index contributed by atoms with van der Waals surface area (Å²) in [5, 5.41) is 18.1. The second kappa shape index (κ2) is 4.61. The first-order valence-corrected chi connectivity index (χ1v) is 4.83. The van der Waals surface area contributed by atoms with Crippen LogP contribution in [0.2, 0.25) is 0 Å². The topological polar surface area (TPSA) is 57.5 Å². The lowest BCUT2D eigenvalue weighted by Crippen LogP contribution is -2.29. The number of carboxylic acid groups (broad SMARTS) is 1. The molecule has 1 aliphatic carbocycles. The van der Waals surface area contributed by atoms with E-state index in [0.29, 0.717) is 6.42 Å². The van der Waals surface area contributed by atoms with Gasteiger partial charge in [0.2, 0.25) is 0 Å². The fraction of sp³-hybridized carbons (Fsp3) is 0.800. The first-order valence-electron chi connectivity index (χ1n) is 4.83. The van der Waals surface area contributed by atoms with Crippen LogP contribution in [0.4, 0.5) is 0 Å². The Balaban J connectivity index is 2.51. The Labute approximate surface area is 78.8 Å². The second-order valence-electron chi connectivity index (χ2n) is 3.89. The zero-order chi connectivity index (χ0) is 9.84. The number of aliphatic carboxylic acids is 1. The molecule has 0 aliphatic heterocycles. The zero-order valence-electron chi connectivity index (χ0n) is 7.94. The van der Waals surface area contributed by atoms with E-state index in [4.69, 9.17) is 5.11 Å². The summed E-state index contributed by atoms with van der Waals surface area (Å²) in [6.45, 7) is 1.72. The average Bonchev–Trinajstić information content (AvgIpc) is 2.03. The predicted molar refractivity (Wildman–Crippen MR) is 49.1 cm³/mol. The van der Waals surface area contributed by atoms with E-state index in [9.17, 15) is 9.90 Å². The molecule has 3 nitrogen and oxygen atoms in total. The average molecular weight is 185 g/mol. The van der Waals surface area contributed by atoms with Gasteiger partial charge in [0.1, 0.15) is 0 Å². The van der Waals surface area contributed by atoms with Crippen molar-refractivity contribution in [3.8, 4) is 0 Å². The van der Waals surface area contributed by atoms with E-state index in [2.05, 4.69) is 6.42 Å². The van der Waals surface area contributed by atoms with Crippen LogP contribution >= 0.6 is 0 Å². The van der Waals surface area contributed by atoms with Gasteiger partial charge < -0.3 is 10.2 Å². The number of hydrogen-bond donors (Lipinski definition) is 2. The highest BCUT2D eigenvalue weighted by atomic mass is 16.4. The molecule has 0 aromatic rings. The van der Waals surface area contributed by atoms with Crippen molar-refractivity contribution in [3.63, 3.8) is 0 Å². The van der Waals surface area contributed by atoms with Crippen molar-refractivity contribution in [2.45, 2.75) is 38.7 Å². The van der Waals surface area contributed by atoms with Gasteiger partial charge in [-0.05, 0) is 44.9 Å². The highest BCUT2D eigenvalue weighted by Gasteiger charge is 2.31. The summed E-state index contributed by atoms with van der Waals surface area (Å²) >= 11 is 0. The van der Waals surface area contributed by atoms with Crippen molar-refractivity contribution in [1.29, 1.82) is 0 Å². The van der Waals surface area contributed by atoms with Gasteiger partial charge in [0, 0.05) is 0 Å². The molecule has 1 fully saturated rings. The highest BCUT2D eigenvalue weighted by molar-refractivity contribution is 5.70. The van der Waals surface area contributed by atoms with Gasteiger partial charge in [-0.1, -0.05) is 0 Å². The molecule has 2 N–H and O–H groups in total. The quantitative estimate of drug-likeness (QED) is 0.700. The molecular formula is C10H17O3. The molecule has 75 valence electrons. The standard InChI is InChI=1S/C10H17O3/c1-7(11)6-8-4-2-3-5-9(8)10(12)13/h2,7-9,11H,3-6H2,1H3,(H,12,13). The van der Waals surface area contributed by atoms with Gasteiger partial charge in [-0.3, -0.25) is 4.79 Å². The van der Waals surface area contributed by atoms with Crippen LogP contribution in [0.1, 0.15) is 32.6 Å². The van der Waals surface area contributed by atoms with Gasteiger partial charge in [0.05, 0.1) is 12.0 Å². The minimum Gasteiger partial charge on any atom is -0.481 e. The van der Waals surface area contributed by atoms with Crippen LogP contribution in [0.25, 0.3) is 0 Å². The van der Waals surface area contributed by atoms with E-state index < -0.39 is 12.1 Å². The maximum absolute atomic E-state index is 10.9. The monoisotopic (exact) mass is 185 g/mol. The molecule has 0 spiro atoms. The third kappa shape index (κ3) is 2.99. The van der Waals surface area contributed by atoms with Crippen molar-refractivity contribution in [1.82, 2.24) is 0 Å². The molecule has 1 rings (SSSR count). The third-order valence-electron chi connectivity index (χ3n) is 2.68. The summed E-state index contributed by atoms with van der Waals surface area (Å²) in [5.41, 5.74) is 0. The highest BCUT2D eigenvalue weighted by Crippen LogP contribution is 2.32. The molecule has 1 aliphatic rings. The van der Waals surface area contributed by atoms with Crippen LogP contribution in [-0.2, 0) is 4.79 Å². The number of aliphatic hydroxyl groups excluding tert-OH is 1. The number of hydrogen-bond acceptors (Lipinski definition) is 2. The van der Waals surface area contributed by atoms with Crippen LogP contribution < -0.4 is 0 Å². The Morgan fingerprint density at radius 3 is 2.92 bits per heavy atom. The molecular weight excluding hydrogens is 168 g/mol. The van der Waals surface area contributed by atoms with Crippen molar-refractivity contribution in [3.05, 3.63) is 6.42 Å². The van der Waals surface area contributed by atoms with Crippen molar-refractivity contribution < 1.29 is 15.0 Å². The number of aliphatic hydroxyl groups is 1. The van der Waals surface area contributed by atoms with E-state index in [1.165, 1.54) is 0 Å². The van der Waals surface area contributed by atoms with Crippen molar-refractivity contribution >= 4 is 5.97 Å². The number of carbonyl (C=O) groups is 1. The van der Waals surface area contributed by atoms with E-state index in [0.717, 1.165) is 19.3 Å². The Hall–Kier alpha value is -0.570. The SMILES string of the molecule is CC(O)CC1C[CH]CCC1C(=O)O. The molecule has 1 saturated carbocycles. The van der Waals surface area contributed by atoms with Crippen LogP contribution in [0.5, 0.6) is 0 Å². The molecule has 1 radical (unpaired) electrons. The van der Waals surface area contributed by atoms with Gasteiger partial charge in [0.25, 0.3) is 0 Å². The van der Waals surface area contributed by atoms with E-state index in [-0.39, 0.29) is 11.8 Å². The first-order chi connectivity index (χ1) is 6.11. The maximum Gasteiger partial charge on any atom is 0.306 e. The predicted octanol–water partition coefficient (Wildman–Crippen LogP) is 1.46. The van der Waals surface area contributed by atoms with Crippen LogP contribution in [-0.4, -0.2) is 22.3 Å². The first kappa shape index (κ1) is 10.5. The van der Waals surface area contributed by atoms with Crippen molar-refractivity contribution in [2.24, 2.45) is 11.8 Å². The summed E-state index contributed by atoms with van der Waals surface area (Å²) in [6, 6.07) is 0. The van der Waals surface area contributed by atoms with Gasteiger partial charge in [0.15, 0.2) is 0 Å².